The van der Waals surface area contributed by atoms with Crippen LogP contribution in [-0.4, -0.2) is 16.3 Å². The van der Waals surface area contributed by atoms with Gasteiger partial charge in [-0.25, -0.2) is 4.68 Å². The van der Waals surface area contributed by atoms with E-state index in [-0.39, 0.29) is 0 Å². The van der Waals surface area contributed by atoms with Gasteiger partial charge < -0.3 is 5.32 Å². The Kier molecular flexibility index (Phi) is 4.41. The summed E-state index contributed by atoms with van der Waals surface area (Å²) in [7, 11) is 0. The molecule has 3 heterocycles. The molecule has 1 aromatic carbocycles. The number of halogens is 2. The lowest BCUT2D eigenvalue weighted by Gasteiger charge is -2.12. The number of thiophene rings is 1. The van der Waals surface area contributed by atoms with Crippen molar-refractivity contribution in [1.82, 2.24) is 9.78 Å². The number of fused-ring (bicyclic) bond motifs is 1. The summed E-state index contributed by atoms with van der Waals surface area (Å²) >= 11 is 11.6. The summed E-state index contributed by atoms with van der Waals surface area (Å²) in [5.74, 6) is 1.11. The third kappa shape index (κ3) is 2.79. The van der Waals surface area contributed by atoms with Crippen LogP contribution in [0.1, 0.15) is 24.0 Å². The predicted octanol–water partition coefficient (Wildman–Crippen LogP) is 6.07. The first-order valence-electron chi connectivity index (χ1n) is 8.02. The molecule has 0 unspecified atom stereocenters. The van der Waals surface area contributed by atoms with Crippen molar-refractivity contribution in [2.45, 2.75) is 26.2 Å². The first-order valence-corrected chi connectivity index (χ1v) is 10.0. The molecule has 0 spiro atoms. The Bertz CT molecular complexity index is 900. The van der Waals surface area contributed by atoms with E-state index < -0.39 is 0 Å². The van der Waals surface area contributed by atoms with Crippen LogP contribution in [0.2, 0.25) is 5.02 Å². The van der Waals surface area contributed by atoms with Crippen molar-refractivity contribution in [2.75, 3.05) is 11.9 Å². The summed E-state index contributed by atoms with van der Waals surface area (Å²) in [6.07, 6.45) is 3.41. The van der Waals surface area contributed by atoms with Crippen LogP contribution < -0.4 is 5.32 Å². The van der Waals surface area contributed by atoms with Gasteiger partial charge in [0.25, 0.3) is 0 Å². The summed E-state index contributed by atoms with van der Waals surface area (Å²) < 4.78 is 3.16. The summed E-state index contributed by atoms with van der Waals surface area (Å²) in [5.41, 5.74) is 4.47. The molecule has 1 aliphatic heterocycles. The molecule has 0 radical (unpaired) electrons. The summed E-state index contributed by atoms with van der Waals surface area (Å²) in [5, 5.41) is 9.33. The normalized spacial score (nSPS) is 14.1. The minimum absolute atomic E-state index is 0.769. The zero-order valence-electron chi connectivity index (χ0n) is 13.3. The molecular formula is C18H17BrClN3S. The van der Waals surface area contributed by atoms with Gasteiger partial charge in [-0.15, -0.1) is 11.3 Å². The van der Waals surface area contributed by atoms with E-state index >= 15 is 0 Å². The van der Waals surface area contributed by atoms with E-state index in [0.29, 0.717) is 0 Å². The van der Waals surface area contributed by atoms with E-state index in [1.165, 1.54) is 23.3 Å². The monoisotopic (exact) mass is 421 g/mol. The standard InChI is InChI=1S/C18H17BrClN3S/c1-11-13(20)6-4-7-14(11)23-18-12(5-2-3-10-21-18)17(22-23)15-8-9-16(19)24-15/h4,6-9,21H,2-3,5,10H2,1H3. The van der Waals surface area contributed by atoms with Crippen molar-refractivity contribution in [1.29, 1.82) is 0 Å². The molecule has 124 valence electrons. The summed E-state index contributed by atoms with van der Waals surface area (Å²) in [4.78, 5) is 1.19. The van der Waals surface area contributed by atoms with Crippen molar-refractivity contribution in [3.05, 3.63) is 50.3 Å². The van der Waals surface area contributed by atoms with Gasteiger partial charge in [0.2, 0.25) is 0 Å². The Morgan fingerprint density at radius 1 is 1.25 bits per heavy atom. The molecule has 0 bridgehead atoms. The fourth-order valence-corrected chi connectivity index (χ4v) is 4.71. The maximum Gasteiger partial charge on any atom is 0.133 e. The zero-order chi connectivity index (χ0) is 16.7. The van der Waals surface area contributed by atoms with Gasteiger partial charge in [0, 0.05) is 17.1 Å². The second-order valence-electron chi connectivity index (χ2n) is 5.96. The van der Waals surface area contributed by atoms with Crippen molar-refractivity contribution in [2.24, 2.45) is 0 Å². The van der Waals surface area contributed by atoms with Crippen LogP contribution in [-0.2, 0) is 6.42 Å². The number of anilines is 1. The van der Waals surface area contributed by atoms with Gasteiger partial charge in [0.1, 0.15) is 11.5 Å². The van der Waals surface area contributed by atoms with Crippen LogP contribution in [0.15, 0.2) is 34.1 Å². The maximum atomic E-state index is 6.34. The van der Waals surface area contributed by atoms with Gasteiger partial charge in [-0.05, 0) is 71.9 Å². The van der Waals surface area contributed by atoms with Crippen LogP contribution in [0.25, 0.3) is 16.3 Å². The molecule has 0 amide bonds. The van der Waals surface area contributed by atoms with E-state index in [1.54, 1.807) is 11.3 Å². The molecule has 2 aromatic heterocycles. The lowest BCUT2D eigenvalue weighted by atomic mass is 10.1. The maximum absolute atomic E-state index is 6.34. The van der Waals surface area contributed by atoms with E-state index in [1.807, 2.05) is 23.7 Å². The Hall–Kier alpha value is -1.30. The van der Waals surface area contributed by atoms with Crippen molar-refractivity contribution in [3.8, 4) is 16.3 Å². The third-order valence-electron chi connectivity index (χ3n) is 4.40. The number of hydrogen-bond donors (Lipinski definition) is 1. The molecule has 0 saturated carbocycles. The largest absolute Gasteiger partial charge is 0.370 e. The lowest BCUT2D eigenvalue weighted by molar-refractivity contribution is 0.780. The zero-order valence-corrected chi connectivity index (χ0v) is 16.4. The van der Waals surface area contributed by atoms with Crippen molar-refractivity contribution >= 4 is 44.7 Å². The first kappa shape index (κ1) is 16.2. The fraction of sp³-hybridized carbons (Fsp3) is 0.278. The minimum Gasteiger partial charge on any atom is -0.370 e. The third-order valence-corrected chi connectivity index (χ3v) is 6.44. The second-order valence-corrected chi connectivity index (χ2v) is 8.83. The van der Waals surface area contributed by atoms with Gasteiger partial charge in [-0.2, -0.15) is 5.10 Å². The highest BCUT2D eigenvalue weighted by Gasteiger charge is 2.23. The molecule has 1 aliphatic rings. The number of aromatic nitrogens is 2. The molecule has 0 fully saturated rings. The Labute approximate surface area is 158 Å². The number of hydrogen-bond acceptors (Lipinski definition) is 3. The Morgan fingerprint density at radius 2 is 2.12 bits per heavy atom. The van der Waals surface area contributed by atoms with Crippen LogP contribution in [0.3, 0.4) is 0 Å². The average molecular weight is 423 g/mol. The molecule has 0 aliphatic carbocycles. The van der Waals surface area contributed by atoms with Crippen LogP contribution in [0, 0.1) is 6.92 Å². The Balaban J connectivity index is 1.94. The highest BCUT2D eigenvalue weighted by atomic mass is 79.9. The van der Waals surface area contributed by atoms with Crippen LogP contribution in [0.5, 0.6) is 0 Å². The van der Waals surface area contributed by atoms with Gasteiger partial charge in [-0.1, -0.05) is 17.7 Å². The topological polar surface area (TPSA) is 29.9 Å². The number of rotatable bonds is 2. The quantitative estimate of drug-likeness (QED) is 0.543. The van der Waals surface area contributed by atoms with Crippen LogP contribution >= 0.6 is 38.9 Å². The van der Waals surface area contributed by atoms with Crippen LogP contribution in [0.4, 0.5) is 5.82 Å². The number of nitrogens with zero attached hydrogens (tertiary/aromatic N) is 2. The summed E-state index contributed by atoms with van der Waals surface area (Å²) in [6.45, 7) is 3.02. The smallest absolute Gasteiger partial charge is 0.133 e. The van der Waals surface area contributed by atoms with Gasteiger partial charge in [-0.3, -0.25) is 0 Å². The molecule has 4 rings (SSSR count). The fourth-order valence-electron chi connectivity index (χ4n) is 3.14. The first-order chi connectivity index (χ1) is 11.6. The number of nitrogens with one attached hydrogen (secondary N) is 1. The van der Waals surface area contributed by atoms with E-state index in [9.17, 15) is 0 Å². The molecular weight excluding hydrogens is 406 g/mol. The lowest BCUT2D eigenvalue weighted by Crippen LogP contribution is -2.08. The molecule has 3 nitrogen and oxygen atoms in total. The predicted molar refractivity (Wildman–Crippen MR) is 106 cm³/mol. The van der Waals surface area contributed by atoms with Gasteiger partial charge in [0.15, 0.2) is 0 Å². The summed E-state index contributed by atoms with van der Waals surface area (Å²) in [6, 6.07) is 10.2. The number of benzene rings is 1. The molecule has 0 saturated heterocycles. The molecule has 1 N–H and O–H groups in total. The van der Waals surface area contributed by atoms with Gasteiger partial charge >= 0.3 is 0 Å². The molecule has 3 aromatic rings. The van der Waals surface area contributed by atoms with E-state index in [4.69, 9.17) is 16.7 Å². The van der Waals surface area contributed by atoms with E-state index in [0.717, 1.165) is 44.5 Å². The highest BCUT2D eigenvalue weighted by Crippen LogP contribution is 2.39. The van der Waals surface area contributed by atoms with Gasteiger partial charge in [0.05, 0.1) is 14.4 Å². The SMILES string of the molecule is Cc1c(Cl)cccc1-n1nc(-c2ccc(Br)s2)c2c1NCCCC2. The molecule has 6 heteroatoms. The van der Waals surface area contributed by atoms with Crippen molar-refractivity contribution < 1.29 is 0 Å². The Morgan fingerprint density at radius 3 is 2.92 bits per heavy atom. The molecule has 0 atom stereocenters. The highest BCUT2D eigenvalue weighted by molar-refractivity contribution is 9.11. The average Bonchev–Trinajstić information content (AvgIpc) is 3.06. The second kappa shape index (κ2) is 6.54. The van der Waals surface area contributed by atoms with Crippen molar-refractivity contribution in [3.63, 3.8) is 0 Å². The minimum atomic E-state index is 0.769. The van der Waals surface area contributed by atoms with E-state index in [2.05, 4.69) is 39.4 Å². The molecule has 24 heavy (non-hydrogen) atoms.